The van der Waals surface area contributed by atoms with Crippen molar-refractivity contribution >= 4 is 39.1 Å². The van der Waals surface area contributed by atoms with Crippen molar-refractivity contribution in [2.75, 3.05) is 6.54 Å². The number of hydrogen-bond acceptors (Lipinski definition) is 8. The molecule has 2 amide bonds. The van der Waals surface area contributed by atoms with Crippen molar-refractivity contribution in [3.63, 3.8) is 0 Å². The summed E-state index contributed by atoms with van der Waals surface area (Å²) < 4.78 is 8.70. The van der Waals surface area contributed by atoms with E-state index in [0.29, 0.717) is 6.42 Å². The first-order valence-corrected chi connectivity index (χ1v) is 19.2. The van der Waals surface area contributed by atoms with E-state index in [1.54, 1.807) is 16.0 Å². The highest BCUT2D eigenvalue weighted by Gasteiger charge is 2.45. The summed E-state index contributed by atoms with van der Waals surface area (Å²) in [6.07, 6.45) is 2.54. The normalized spacial score (nSPS) is 17.2. The molecule has 0 bridgehead atoms. The van der Waals surface area contributed by atoms with Crippen LogP contribution in [-0.4, -0.2) is 60.5 Å². The van der Waals surface area contributed by atoms with Gasteiger partial charge in [-0.3, -0.25) is 9.59 Å². The number of halogens is 1. The predicted octanol–water partition coefficient (Wildman–Crippen LogP) is 7.78. The van der Waals surface area contributed by atoms with Gasteiger partial charge in [-0.05, 0) is 80.0 Å². The van der Waals surface area contributed by atoms with Crippen molar-refractivity contribution in [2.24, 2.45) is 5.41 Å². The Labute approximate surface area is 317 Å². The van der Waals surface area contributed by atoms with E-state index in [2.05, 4.69) is 36.5 Å². The quantitative estimate of drug-likeness (QED) is 0.140. The van der Waals surface area contributed by atoms with Gasteiger partial charge in [-0.15, -0.1) is 16.4 Å². The molecule has 0 aliphatic carbocycles. The Morgan fingerprint density at radius 3 is 2.46 bits per heavy atom. The van der Waals surface area contributed by atoms with Gasteiger partial charge >= 0.3 is 0 Å². The summed E-state index contributed by atoms with van der Waals surface area (Å²) in [6, 6.07) is 20.1. The number of nitrogens with one attached hydrogen (secondary N) is 1. The molecule has 2 aromatic heterocycles. The number of hydrogen-bond donors (Lipinski definition) is 2. The lowest BCUT2D eigenvalue weighted by Gasteiger charge is -2.34. The number of likely N-dealkylation sites (tertiary alicyclic amines) is 1. The SMILES string of the molecule is Cc1ncsc1-c1ccc(C(C)NC(=O)[C@@H]2C[C@@H](O)CN2C(=O)C(n2cc(CCc3ccc(Oc4cccc(Br)c4C)cc3)nn2)C(C)(C)C)cc1. The number of ether oxygens (including phenoxy) is 1. The van der Waals surface area contributed by atoms with Crippen molar-refractivity contribution in [1.29, 1.82) is 0 Å². The second kappa shape index (κ2) is 15.7. The molecule has 0 spiro atoms. The van der Waals surface area contributed by atoms with Crippen molar-refractivity contribution in [3.8, 4) is 21.9 Å². The molecule has 4 atom stereocenters. The number of β-amino-alcohol motifs (C(OH)–C–C–N with tert-alkyl or cyclic N) is 1. The fourth-order valence-corrected chi connectivity index (χ4v) is 7.77. The fourth-order valence-electron chi connectivity index (χ4n) is 6.61. The van der Waals surface area contributed by atoms with Crippen LogP contribution in [0.25, 0.3) is 10.4 Å². The summed E-state index contributed by atoms with van der Waals surface area (Å²) in [6.45, 7) is 11.9. The summed E-state index contributed by atoms with van der Waals surface area (Å²) in [5.74, 6) is 0.993. The van der Waals surface area contributed by atoms with E-state index in [-0.39, 0.29) is 30.8 Å². The predicted molar refractivity (Wildman–Crippen MR) is 206 cm³/mol. The number of rotatable bonds is 11. The van der Waals surface area contributed by atoms with Crippen LogP contribution in [0.5, 0.6) is 11.5 Å². The molecule has 1 fully saturated rings. The third-order valence-electron chi connectivity index (χ3n) is 9.56. The fraction of sp³-hybridized carbons (Fsp3) is 0.375. The van der Waals surface area contributed by atoms with Gasteiger partial charge in [0.05, 0.1) is 33.9 Å². The minimum atomic E-state index is -0.809. The Kier molecular flexibility index (Phi) is 11.3. The number of carbonyl (C=O) groups is 2. The van der Waals surface area contributed by atoms with E-state index in [1.165, 1.54) is 4.90 Å². The number of aliphatic hydroxyl groups excluding tert-OH is 1. The van der Waals surface area contributed by atoms with Crippen LogP contribution in [-0.2, 0) is 22.4 Å². The third kappa shape index (κ3) is 8.46. The lowest BCUT2D eigenvalue weighted by atomic mass is 9.85. The largest absolute Gasteiger partial charge is 0.457 e. The Morgan fingerprint density at radius 2 is 1.79 bits per heavy atom. The second-order valence-corrected chi connectivity index (χ2v) is 16.3. The van der Waals surface area contributed by atoms with Gasteiger partial charge < -0.3 is 20.1 Å². The molecule has 0 radical (unpaired) electrons. The third-order valence-corrected chi connectivity index (χ3v) is 11.4. The minimum Gasteiger partial charge on any atom is -0.457 e. The molecule has 5 aromatic rings. The average molecular weight is 786 g/mol. The standard InChI is InChI=1S/C40H45BrN6O4S/c1-24-33(41)8-7-9-35(24)51-32-18-11-27(12-19-32)10-17-30-21-47(45-44-30)37(40(4,5)6)39(50)46-22-31(48)20-34(46)38(49)43-25(2)28-13-15-29(16-14-28)36-26(3)42-23-52-36/h7-9,11-16,18-19,21,23,25,31,34,37,48H,10,17,20,22H2,1-6H3,(H,43,49)/t25?,31-,34+,37?/m1/s1. The Hall–Kier alpha value is -4.39. The molecule has 1 aliphatic rings. The molecular formula is C40H45BrN6O4S. The zero-order chi connectivity index (χ0) is 37.2. The van der Waals surface area contributed by atoms with Crippen molar-refractivity contribution in [3.05, 3.63) is 111 Å². The van der Waals surface area contributed by atoms with E-state index >= 15 is 0 Å². The molecular weight excluding hydrogens is 740 g/mol. The lowest BCUT2D eigenvalue weighted by molar-refractivity contribution is -0.144. The molecule has 1 aliphatic heterocycles. The summed E-state index contributed by atoms with van der Waals surface area (Å²) in [4.78, 5) is 35.0. The molecule has 3 aromatic carbocycles. The van der Waals surface area contributed by atoms with Gasteiger partial charge in [-0.25, -0.2) is 9.67 Å². The van der Waals surface area contributed by atoms with Crippen molar-refractivity contribution < 1.29 is 19.4 Å². The molecule has 3 heterocycles. The van der Waals surface area contributed by atoms with Crippen LogP contribution in [0.2, 0.25) is 0 Å². The van der Waals surface area contributed by atoms with Gasteiger partial charge in [-0.2, -0.15) is 0 Å². The summed E-state index contributed by atoms with van der Waals surface area (Å²) in [5, 5.41) is 22.6. The maximum atomic E-state index is 14.3. The number of aryl methyl sites for hydroxylation is 3. The molecule has 52 heavy (non-hydrogen) atoms. The first-order valence-electron chi connectivity index (χ1n) is 17.5. The molecule has 0 saturated carbocycles. The van der Waals surface area contributed by atoms with Crippen LogP contribution in [0.4, 0.5) is 0 Å². The van der Waals surface area contributed by atoms with Gasteiger partial charge in [0.15, 0.2) is 0 Å². The average Bonchev–Trinajstić information content (AvgIpc) is 3.86. The molecule has 10 nitrogen and oxygen atoms in total. The highest BCUT2D eigenvalue weighted by molar-refractivity contribution is 9.10. The minimum absolute atomic E-state index is 0.0726. The molecule has 2 N–H and O–H groups in total. The van der Waals surface area contributed by atoms with E-state index < -0.39 is 23.6 Å². The van der Waals surface area contributed by atoms with E-state index in [1.807, 2.05) is 120 Å². The lowest BCUT2D eigenvalue weighted by Crippen LogP contribution is -2.50. The van der Waals surface area contributed by atoms with Gasteiger partial charge in [0, 0.05) is 29.2 Å². The van der Waals surface area contributed by atoms with Crippen LogP contribution in [0, 0.1) is 19.3 Å². The number of benzene rings is 3. The van der Waals surface area contributed by atoms with Crippen LogP contribution in [0.15, 0.2) is 82.9 Å². The van der Waals surface area contributed by atoms with Crippen LogP contribution >= 0.6 is 27.3 Å². The molecule has 1 saturated heterocycles. The second-order valence-electron chi connectivity index (χ2n) is 14.6. The Bertz CT molecular complexity index is 2020. The topological polar surface area (TPSA) is 122 Å². The summed E-state index contributed by atoms with van der Waals surface area (Å²) in [5.41, 5.74) is 7.21. The smallest absolute Gasteiger partial charge is 0.248 e. The van der Waals surface area contributed by atoms with Gasteiger partial charge in [0.2, 0.25) is 11.8 Å². The van der Waals surface area contributed by atoms with Crippen LogP contribution in [0.1, 0.15) is 74.3 Å². The number of carbonyl (C=O) groups excluding carboxylic acids is 2. The van der Waals surface area contributed by atoms with Crippen LogP contribution in [0.3, 0.4) is 0 Å². The first kappa shape index (κ1) is 37.4. The Morgan fingerprint density at radius 1 is 1.06 bits per heavy atom. The number of nitrogens with zero attached hydrogens (tertiary/aromatic N) is 5. The van der Waals surface area contributed by atoms with Crippen LogP contribution < -0.4 is 10.1 Å². The van der Waals surface area contributed by atoms with Crippen molar-refractivity contribution in [1.82, 2.24) is 30.2 Å². The van der Waals surface area contributed by atoms with E-state index in [0.717, 1.165) is 60.9 Å². The maximum Gasteiger partial charge on any atom is 0.248 e. The number of amides is 2. The zero-order valence-electron chi connectivity index (χ0n) is 30.3. The molecule has 272 valence electrons. The van der Waals surface area contributed by atoms with Crippen molar-refractivity contribution in [2.45, 2.75) is 85.0 Å². The van der Waals surface area contributed by atoms with Gasteiger partial charge in [0.25, 0.3) is 0 Å². The van der Waals surface area contributed by atoms with E-state index in [4.69, 9.17) is 4.74 Å². The van der Waals surface area contributed by atoms with Gasteiger partial charge in [0.1, 0.15) is 23.6 Å². The maximum absolute atomic E-state index is 14.3. The number of aliphatic hydroxyl groups is 1. The number of thiazole rings is 1. The molecule has 6 rings (SSSR count). The summed E-state index contributed by atoms with van der Waals surface area (Å²) in [7, 11) is 0. The summed E-state index contributed by atoms with van der Waals surface area (Å²) >= 11 is 5.15. The Balaban J connectivity index is 1.10. The first-order chi connectivity index (χ1) is 24.8. The molecule has 2 unspecified atom stereocenters. The zero-order valence-corrected chi connectivity index (χ0v) is 32.7. The monoisotopic (exact) mass is 784 g/mol. The van der Waals surface area contributed by atoms with Gasteiger partial charge in [-0.1, -0.05) is 84.4 Å². The highest BCUT2D eigenvalue weighted by Crippen LogP contribution is 2.35. The molecule has 12 heteroatoms. The van der Waals surface area contributed by atoms with E-state index in [9.17, 15) is 14.7 Å². The highest BCUT2D eigenvalue weighted by atomic mass is 79.9. The number of aromatic nitrogens is 4.